The second kappa shape index (κ2) is 7.24. The first-order valence-corrected chi connectivity index (χ1v) is 9.60. The molecule has 0 N–H and O–H groups in total. The molecule has 2 aromatic heterocycles. The van der Waals surface area contributed by atoms with E-state index in [1.165, 1.54) is 32.7 Å². The molecule has 0 unspecified atom stereocenters. The van der Waals surface area contributed by atoms with Gasteiger partial charge in [0.15, 0.2) is 0 Å². The van der Waals surface area contributed by atoms with Gasteiger partial charge < -0.3 is 0 Å². The predicted octanol–water partition coefficient (Wildman–Crippen LogP) is 5.96. The monoisotopic (exact) mass is 360 g/mol. The van der Waals surface area contributed by atoms with Gasteiger partial charge in [-0.2, -0.15) is 0 Å². The van der Waals surface area contributed by atoms with Crippen LogP contribution in [0, 0.1) is 0 Å². The van der Waals surface area contributed by atoms with E-state index in [0.29, 0.717) is 0 Å². The Morgan fingerprint density at radius 1 is 0.464 bits per heavy atom. The van der Waals surface area contributed by atoms with Crippen LogP contribution in [0.15, 0.2) is 97.3 Å². The summed E-state index contributed by atoms with van der Waals surface area (Å²) in [6, 6.07) is 29.7. The second-order valence-electron chi connectivity index (χ2n) is 7.08. The normalized spacial score (nSPS) is 11.1. The van der Waals surface area contributed by atoms with Crippen LogP contribution in [0.1, 0.15) is 22.5 Å². The van der Waals surface area contributed by atoms with Crippen molar-refractivity contribution in [2.75, 3.05) is 0 Å². The number of benzene rings is 3. The van der Waals surface area contributed by atoms with Crippen LogP contribution in [0.2, 0.25) is 0 Å². The highest BCUT2D eigenvalue weighted by Gasteiger charge is 2.10. The van der Waals surface area contributed by atoms with E-state index < -0.39 is 0 Å². The lowest BCUT2D eigenvalue weighted by Gasteiger charge is -2.12. The molecule has 0 aliphatic rings. The molecule has 28 heavy (non-hydrogen) atoms. The van der Waals surface area contributed by atoms with Gasteiger partial charge in [0.25, 0.3) is 0 Å². The van der Waals surface area contributed by atoms with Crippen molar-refractivity contribution in [3.63, 3.8) is 0 Å². The summed E-state index contributed by atoms with van der Waals surface area (Å²) in [6.45, 7) is 0. The van der Waals surface area contributed by atoms with Crippen molar-refractivity contribution in [1.82, 2.24) is 9.97 Å². The van der Waals surface area contributed by atoms with Crippen LogP contribution in [-0.2, 0) is 12.8 Å². The fourth-order valence-corrected chi connectivity index (χ4v) is 3.91. The number of rotatable bonds is 4. The highest BCUT2D eigenvalue weighted by atomic mass is 14.7. The number of hydrogen-bond acceptors (Lipinski definition) is 2. The Kier molecular flexibility index (Phi) is 4.30. The van der Waals surface area contributed by atoms with Gasteiger partial charge in [0.2, 0.25) is 0 Å². The Morgan fingerprint density at radius 2 is 0.893 bits per heavy atom. The summed E-state index contributed by atoms with van der Waals surface area (Å²) in [4.78, 5) is 9.37. The van der Waals surface area contributed by atoms with Gasteiger partial charge >= 0.3 is 0 Å². The summed E-state index contributed by atoms with van der Waals surface area (Å²) in [7, 11) is 0. The Balaban J connectivity index is 1.54. The van der Waals surface area contributed by atoms with Gasteiger partial charge in [-0.3, -0.25) is 9.97 Å². The maximum atomic E-state index is 4.68. The zero-order valence-electron chi connectivity index (χ0n) is 15.5. The van der Waals surface area contributed by atoms with Crippen LogP contribution >= 0.6 is 0 Å². The first-order valence-electron chi connectivity index (χ1n) is 9.60. The van der Waals surface area contributed by atoms with E-state index >= 15 is 0 Å². The Labute approximate surface area is 164 Å². The lowest BCUT2D eigenvalue weighted by molar-refractivity contribution is 1.03. The number of nitrogens with zero attached hydrogens (tertiary/aromatic N) is 2. The van der Waals surface area contributed by atoms with Crippen molar-refractivity contribution in [2.24, 2.45) is 0 Å². The molecule has 0 atom stereocenters. The molecule has 134 valence electrons. The van der Waals surface area contributed by atoms with Crippen LogP contribution in [0.3, 0.4) is 0 Å². The fourth-order valence-electron chi connectivity index (χ4n) is 3.91. The smallest absolute Gasteiger partial charge is 0.0525 e. The Morgan fingerprint density at radius 3 is 1.39 bits per heavy atom. The molecule has 0 aliphatic carbocycles. The van der Waals surface area contributed by atoms with Crippen LogP contribution in [0.4, 0.5) is 0 Å². The predicted molar refractivity (Wildman–Crippen MR) is 116 cm³/mol. The van der Waals surface area contributed by atoms with Gasteiger partial charge in [0, 0.05) is 36.0 Å². The zero-order chi connectivity index (χ0) is 18.8. The van der Waals surface area contributed by atoms with E-state index in [4.69, 9.17) is 0 Å². The van der Waals surface area contributed by atoms with Crippen molar-refractivity contribution < 1.29 is 0 Å². The van der Waals surface area contributed by atoms with E-state index in [2.05, 4.69) is 94.9 Å². The molecule has 0 spiro atoms. The first kappa shape index (κ1) is 16.6. The standard InChI is InChI=1S/C26H20N2/c1-2-10-22(18-26-24-12-6-4-8-20(24)14-16-28-26)21(9-1)17-25-23-11-5-3-7-19(23)13-15-27-25/h1-16H,17-18H2. The van der Waals surface area contributed by atoms with E-state index in [0.717, 1.165) is 24.2 Å². The summed E-state index contributed by atoms with van der Waals surface area (Å²) in [6.07, 6.45) is 5.46. The van der Waals surface area contributed by atoms with E-state index in [1.54, 1.807) is 0 Å². The summed E-state index contributed by atoms with van der Waals surface area (Å²) in [5.41, 5.74) is 4.86. The van der Waals surface area contributed by atoms with Crippen molar-refractivity contribution in [2.45, 2.75) is 12.8 Å². The molecule has 2 heterocycles. The van der Waals surface area contributed by atoms with Gasteiger partial charge in [-0.05, 0) is 34.0 Å². The minimum absolute atomic E-state index is 0.822. The van der Waals surface area contributed by atoms with Crippen molar-refractivity contribution in [3.05, 3.63) is 120 Å². The van der Waals surface area contributed by atoms with Crippen molar-refractivity contribution in [3.8, 4) is 0 Å². The topological polar surface area (TPSA) is 25.8 Å². The molecular formula is C26H20N2. The van der Waals surface area contributed by atoms with E-state index in [9.17, 15) is 0 Å². The largest absolute Gasteiger partial charge is 0.260 e. The van der Waals surface area contributed by atoms with Crippen LogP contribution in [0.25, 0.3) is 21.5 Å². The van der Waals surface area contributed by atoms with Gasteiger partial charge in [0.05, 0.1) is 11.4 Å². The lowest BCUT2D eigenvalue weighted by atomic mass is 9.95. The highest BCUT2D eigenvalue weighted by molar-refractivity contribution is 5.85. The molecule has 3 aromatic carbocycles. The van der Waals surface area contributed by atoms with E-state index in [-0.39, 0.29) is 0 Å². The second-order valence-corrected chi connectivity index (χ2v) is 7.08. The molecule has 0 fully saturated rings. The molecule has 0 radical (unpaired) electrons. The SMILES string of the molecule is c1ccc(Cc2nccc3ccccc23)c(Cc2nccc3ccccc23)c1. The fraction of sp³-hybridized carbons (Fsp3) is 0.0769. The van der Waals surface area contributed by atoms with Gasteiger partial charge in [0.1, 0.15) is 0 Å². The molecule has 0 aliphatic heterocycles. The van der Waals surface area contributed by atoms with Crippen molar-refractivity contribution in [1.29, 1.82) is 0 Å². The minimum Gasteiger partial charge on any atom is -0.260 e. The Hall–Kier alpha value is -3.52. The Bertz CT molecular complexity index is 1160. The average molecular weight is 360 g/mol. The minimum atomic E-state index is 0.822. The third-order valence-corrected chi connectivity index (χ3v) is 5.35. The van der Waals surface area contributed by atoms with E-state index in [1.807, 2.05) is 12.4 Å². The molecule has 0 saturated heterocycles. The summed E-state index contributed by atoms with van der Waals surface area (Å²) in [5, 5.41) is 4.92. The third kappa shape index (κ3) is 3.14. The third-order valence-electron chi connectivity index (χ3n) is 5.35. The van der Waals surface area contributed by atoms with Crippen LogP contribution < -0.4 is 0 Å². The molecule has 2 heteroatoms. The first-order chi connectivity index (χ1) is 13.9. The summed E-state index contributed by atoms with van der Waals surface area (Å²) in [5.74, 6) is 0. The lowest BCUT2D eigenvalue weighted by Crippen LogP contribution is -2.01. The number of hydrogen-bond donors (Lipinski definition) is 0. The molecule has 5 rings (SSSR count). The summed E-state index contributed by atoms with van der Waals surface area (Å²) >= 11 is 0. The van der Waals surface area contributed by atoms with Gasteiger partial charge in [-0.1, -0.05) is 72.8 Å². The maximum Gasteiger partial charge on any atom is 0.0525 e. The summed E-state index contributed by atoms with van der Waals surface area (Å²) < 4.78 is 0. The number of pyridine rings is 2. The van der Waals surface area contributed by atoms with Gasteiger partial charge in [-0.25, -0.2) is 0 Å². The molecule has 0 bridgehead atoms. The molecular weight excluding hydrogens is 340 g/mol. The number of aromatic nitrogens is 2. The van der Waals surface area contributed by atoms with Crippen molar-refractivity contribution >= 4 is 21.5 Å². The molecule has 0 saturated carbocycles. The highest BCUT2D eigenvalue weighted by Crippen LogP contribution is 2.24. The average Bonchev–Trinajstić information content (AvgIpc) is 2.76. The molecule has 0 amide bonds. The maximum absolute atomic E-state index is 4.68. The molecule has 5 aromatic rings. The van der Waals surface area contributed by atoms with Crippen LogP contribution in [0.5, 0.6) is 0 Å². The quantitative estimate of drug-likeness (QED) is 0.395. The number of fused-ring (bicyclic) bond motifs is 2. The van der Waals surface area contributed by atoms with Crippen LogP contribution in [-0.4, -0.2) is 9.97 Å². The zero-order valence-corrected chi connectivity index (χ0v) is 15.5. The van der Waals surface area contributed by atoms with Gasteiger partial charge in [-0.15, -0.1) is 0 Å². The molecule has 2 nitrogen and oxygen atoms in total.